The van der Waals surface area contributed by atoms with Crippen LogP contribution in [-0.2, 0) is 0 Å². The summed E-state index contributed by atoms with van der Waals surface area (Å²) in [4.78, 5) is 4.42. The Bertz CT molecular complexity index is 271. The van der Waals surface area contributed by atoms with Crippen LogP contribution in [0.5, 0.6) is 0 Å². The zero-order chi connectivity index (χ0) is 11.1. The SMILES string of the molecule is Cc1csc(SCCCNCC(C)C)n1. The van der Waals surface area contributed by atoms with Crippen molar-refractivity contribution in [3.8, 4) is 0 Å². The average molecular weight is 244 g/mol. The Morgan fingerprint density at radius 3 is 2.93 bits per heavy atom. The summed E-state index contributed by atoms with van der Waals surface area (Å²) in [6, 6.07) is 0. The summed E-state index contributed by atoms with van der Waals surface area (Å²) in [5.74, 6) is 1.91. The number of aromatic nitrogens is 1. The van der Waals surface area contributed by atoms with E-state index < -0.39 is 0 Å². The van der Waals surface area contributed by atoms with Crippen molar-refractivity contribution in [1.29, 1.82) is 0 Å². The molecule has 0 fully saturated rings. The van der Waals surface area contributed by atoms with Gasteiger partial charge in [-0.15, -0.1) is 11.3 Å². The van der Waals surface area contributed by atoms with E-state index >= 15 is 0 Å². The zero-order valence-corrected chi connectivity index (χ0v) is 11.4. The Balaban J connectivity index is 1.98. The standard InChI is InChI=1S/C11H20N2S2/c1-9(2)7-12-5-4-6-14-11-13-10(3)8-15-11/h8-9,12H,4-7H2,1-3H3. The van der Waals surface area contributed by atoms with Gasteiger partial charge in [0.05, 0.1) is 0 Å². The van der Waals surface area contributed by atoms with Crippen LogP contribution >= 0.6 is 23.1 Å². The third kappa shape index (κ3) is 6.17. The van der Waals surface area contributed by atoms with Crippen molar-refractivity contribution in [3.63, 3.8) is 0 Å². The Morgan fingerprint density at radius 2 is 2.33 bits per heavy atom. The number of rotatable bonds is 7. The molecule has 0 aliphatic heterocycles. The van der Waals surface area contributed by atoms with Gasteiger partial charge in [-0.2, -0.15) is 0 Å². The van der Waals surface area contributed by atoms with E-state index in [1.54, 1.807) is 11.3 Å². The van der Waals surface area contributed by atoms with E-state index in [1.807, 2.05) is 18.7 Å². The molecule has 86 valence electrons. The van der Waals surface area contributed by atoms with Crippen molar-refractivity contribution in [2.24, 2.45) is 5.92 Å². The van der Waals surface area contributed by atoms with E-state index in [2.05, 4.69) is 29.5 Å². The number of aryl methyl sites for hydroxylation is 1. The largest absolute Gasteiger partial charge is 0.316 e. The molecule has 0 atom stereocenters. The number of nitrogens with one attached hydrogen (secondary N) is 1. The van der Waals surface area contributed by atoms with Gasteiger partial charge in [0.1, 0.15) is 4.34 Å². The van der Waals surface area contributed by atoms with Gasteiger partial charge in [0.25, 0.3) is 0 Å². The molecule has 0 bridgehead atoms. The van der Waals surface area contributed by atoms with Gasteiger partial charge in [-0.05, 0) is 32.4 Å². The first-order valence-corrected chi connectivity index (χ1v) is 7.30. The molecule has 1 rings (SSSR count). The minimum absolute atomic E-state index is 0.749. The van der Waals surface area contributed by atoms with E-state index in [0.717, 1.165) is 30.5 Å². The van der Waals surface area contributed by atoms with Crippen molar-refractivity contribution < 1.29 is 0 Å². The highest BCUT2D eigenvalue weighted by Gasteiger charge is 1.98. The second kappa shape index (κ2) is 7.25. The first-order valence-electron chi connectivity index (χ1n) is 5.44. The predicted molar refractivity (Wildman–Crippen MR) is 69.9 cm³/mol. The van der Waals surface area contributed by atoms with Gasteiger partial charge in [0, 0.05) is 16.8 Å². The Hall–Kier alpha value is -0.0600. The summed E-state index contributed by atoms with van der Waals surface area (Å²) in [7, 11) is 0. The number of thiazole rings is 1. The van der Waals surface area contributed by atoms with Crippen molar-refractivity contribution >= 4 is 23.1 Å². The lowest BCUT2D eigenvalue weighted by Crippen LogP contribution is -2.21. The van der Waals surface area contributed by atoms with Crippen LogP contribution in [0.25, 0.3) is 0 Å². The second-order valence-electron chi connectivity index (χ2n) is 4.05. The van der Waals surface area contributed by atoms with E-state index in [4.69, 9.17) is 0 Å². The van der Waals surface area contributed by atoms with Gasteiger partial charge in [-0.25, -0.2) is 4.98 Å². The lowest BCUT2D eigenvalue weighted by atomic mass is 10.2. The molecule has 1 N–H and O–H groups in total. The maximum Gasteiger partial charge on any atom is 0.150 e. The van der Waals surface area contributed by atoms with Gasteiger partial charge in [-0.1, -0.05) is 25.6 Å². The quantitative estimate of drug-likeness (QED) is 0.589. The van der Waals surface area contributed by atoms with Crippen LogP contribution in [0.1, 0.15) is 26.0 Å². The van der Waals surface area contributed by atoms with E-state index in [9.17, 15) is 0 Å². The van der Waals surface area contributed by atoms with E-state index in [1.165, 1.54) is 10.8 Å². The van der Waals surface area contributed by atoms with Crippen molar-refractivity contribution in [2.75, 3.05) is 18.8 Å². The van der Waals surface area contributed by atoms with Crippen molar-refractivity contribution in [1.82, 2.24) is 10.3 Å². The summed E-state index contributed by atoms with van der Waals surface area (Å²) in [5, 5.41) is 5.56. The topological polar surface area (TPSA) is 24.9 Å². The molecule has 0 aliphatic rings. The Labute approximate surface area is 101 Å². The molecule has 0 spiro atoms. The molecular formula is C11H20N2S2. The zero-order valence-electron chi connectivity index (χ0n) is 9.75. The lowest BCUT2D eigenvalue weighted by Gasteiger charge is -2.06. The van der Waals surface area contributed by atoms with Crippen LogP contribution in [0.3, 0.4) is 0 Å². The van der Waals surface area contributed by atoms with Crippen LogP contribution in [0.15, 0.2) is 9.72 Å². The summed E-state index contributed by atoms with van der Waals surface area (Å²) in [6.07, 6.45) is 1.22. The molecule has 2 nitrogen and oxygen atoms in total. The van der Waals surface area contributed by atoms with Crippen LogP contribution in [-0.4, -0.2) is 23.8 Å². The number of nitrogens with zero attached hydrogens (tertiary/aromatic N) is 1. The molecule has 1 aromatic rings. The molecule has 0 radical (unpaired) electrons. The molecule has 0 amide bonds. The molecule has 4 heteroatoms. The molecule has 1 heterocycles. The lowest BCUT2D eigenvalue weighted by molar-refractivity contribution is 0.552. The summed E-state index contributed by atoms with van der Waals surface area (Å²) in [5.41, 5.74) is 1.14. The summed E-state index contributed by atoms with van der Waals surface area (Å²) < 4.78 is 1.20. The van der Waals surface area contributed by atoms with E-state index in [0.29, 0.717) is 0 Å². The molecule has 0 aliphatic carbocycles. The van der Waals surface area contributed by atoms with Gasteiger partial charge in [0.15, 0.2) is 0 Å². The minimum Gasteiger partial charge on any atom is -0.316 e. The fourth-order valence-corrected chi connectivity index (χ4v) is 3.01. The van der Waals surface area contributed by atoms with Crippen LogP contribution in [0.4, 0.5) is 0 Å². The van der Waals surface area contributed by atoms with Crippen molar-refractivity contribution in [3.05, 3.63) is 11.1 Å². The molecule has 15 heavy (non-hydrogen) atoms. The van der Waals surface area contributed by atoms with Crippen molar-refractivity contribution in [2.45, 2.75) is 31.5 Å². The number of hydrogen-bond donors (Lipinski definition) is 1. The Kier molecular flexibility index (Phi) is 6.29. The first-order chi connectivity index (χ1) is 7.18. The van der Waals surface area contributed by atoms with Gasteiger partial charge in [-0.3, -0.25) is 0 Å². The number of hydrogen-bond acceptors (Lipinski definition) is 4. The molecule has 0 saturated heterocycles. The maximum absolute atomic E-state index is 4.42. The third-order valence-electron chi connectivity index (χ3n) is 1.87. The summed E-state index contributed by atoms with van der Waals surface area (Å²) in [6.45, 7) is 8.77. The monoisotopic (exact) mass is 244 g/mol. The van der Waals surface area contributed by atoms with Gasteiger partial charge < -0.3 is 5.32 Å². The smallest absolute Gasteiger partial charge is 0.150 e. The first kappa shape index (κ1) is 13.0. The van der Waals surface area contributed by atoms with Gasteiger partial charge >= 0.3 is 0 Å². The Morgan fingerprint density at radius 1 is 1.53 bits per heavy atom. The molecule has 0 saturated carbocycles. The molecule has 0 unspecified atom stereocenters. The summed E-state index contributed by atoms with van der Waals surface area (Å²) >= 11 is 3.62. The molecule has 1 aromatic heterocycles. The maximum atomic E-state index is 4.42. The van der Waals surface area contributed by atoms with E-state index in [-0.39, 0.29) is 0 Å². The van der Waals surface area contributed by atoms with Gasteiger partial charge in [0.2, 0.25) is 0 Å². The fraction of sp³-hybridized carbons (Fsp3) is 0.727. The predicted octanol–water partition coefficient (Wildman–Crippen LogP) is 3.18. The van der Waals surface area contributed by atoms with Crippen LogP contribution in [0, 0.1) is 12.8 Å². The highest BCUT2D eigenvalue weighted by molar-refractivity contribution is 8.00. The number of thioether (sulfide) groups is 1. The minimum atomic E-state index is 0.749. The van der Waals surface area contributed by atoms with Crippen LogP contribution < -0.4 is 5.32 Å². The molecular weight excluding hydrogens is 224 g/mol. The highest BCUT2D eigenvalue weighted by Crippen LogP contribution is 2.22. The van der Waals surface area contributed by atoms with Crippen LogP contribution in [0.2, 0.25) is 0 Å². The highest BCUT2D eigenvalue weighted by atomic mass is 32.2. The normalized spacial score (nSPS) is 11.2. The second-order valence-corrected chi connectivity index (χ2v) is 6.25. The average Bonchev–Trinajstić information content (AvgIpc) is 2.57. The third-order valence-corrected chi connectivity index (χ3v) is 4.10. The molecule has 0 aromatic carbocycles. The fourth-order valence-electron chi connectivity index (χ4n) is 1.15.